The van der Waals surface area contributed by atoms with Gasteiger partial charge in [-0.05, 0) is 12.1 Å². The first kappa shape index (κ1) is 10.2. The van der Waals surface area contributed by atoms with Crippen molar-refractivity contribution in [3.63, 3.8) is 0 Å². The van der Waals surface area contributed by atoms with Gasteiger partial charge < -0.3 is 15.1 Å². The van der Waals surface area contributed by atoms with Gasteiger partial charge in [-0.2, -0.15) is 0 Å². The molecular weight excluding hydrogens is 238 g/mol. The zero-order valence-corrected chi connectivity index (χ0v) is 9.54. The molecule has 0 aliphatic rings. The maximum absolute atomic E-state index is 11.1. The topological polar surface area (TPSA) is 81.8 Å². The van der Waals surface area contributed by atoms with Crippen molar-refractivity contribution in [1.82, 2.24) is 15.0 Å². The highest BCUT2D eigenvalue weighted by Crippen LogP contribution is 2.24. The van der Waals surface area contributed by atoms with Crippen LogP contribution in [0.25, 0.3) is 22.3 Å². The lowest BCUT2D eigenvalue weighted by molar-refractivity contribution is 0.281. The van der Waals surface area contributed by atoms with Gasteiger partial charge in [-0.15, -0.1) is 11.3 Å². The van der Waals surface area contributed by atoms with Gasteiger partial charge in [0.25, 0.3) is 0 Å². The Balaban J connectivity index is 2.13. The first-order valence-corrected chi connectivity index (χ1v) is 5.92. The van der Waals surface area contributed by atoms with E-state index in [0.29, 0.717) is 5.01 Å². The van der Waals surface area contributed by atoms with Gasteiger partial charge in [0.15, 0.2) is 0 Å². The van der Waals surface area contributed by atoms with Crippen molar-refractivity contribution in [2.24, 2.45) is 0 Å². The fourth-order valence-electron chi connectivity index (χ4n) is 1.71. The molecule has 0 spiro atoms. The van der Waals surface area contributed by atoms with E-state index in [1.54, 1.807) is 0 Å². The van der Waals surface area contributed by atoms with E-state index in [9.17, 15) is 4.79 Å². The van der Waals surface area contributed by atoms with Crippen molar-refractivity contribution in [1.29, 1.82) is 0 Å². The summed E-state index contributed by atoms with van der Waals surface area (Å²) in [5.41, 5.74) is 3.04. The average molecular weight is 247 g/mol. The van der Waals surface area contributed by atoms with Gasteiger partial charge in [0, 0.05) is 10.9 Å². The first-order valence-electron chi connectivity index (χ1n) is 5.04. The smallest absolute Gasteiger partial charge is 0.323 e. The van der Waals surface area contributed by atoms with E-state index < -0.39 is 0 Å². The van der Waals surface area contributed by atoms with E-state index in [0.717, 1.165) is 22.3 Å². The van der Waals surface area contributed by atoms with Gasteiger partial charge in [0.2, 0.25) is 0 Å². The SMILES string of the molecule is O=c1[nH]c2ccc(-c3csc(CO)n3)cc2[nH]1. The fraction of sp³-hybridized carbons (Fsp3) is 0.0909. The van der Waals surface area contributed by atoms with Crippen LogP contribution in [0.3, 0.4) is 0 Å². The number of hydrogen-bond acceptors (Lipinski definition) is 4. The van der Waals surface area contributed by atoms with Crippen molar-refractivity contribution in [3.05, 3.63) is 39.1 Å². The number of rotatable bonds is 2. The molecule has 3 N–H and O–H groups in total. The molecule has 0 amide bonds. The monoisotopic (exact) mass is 247 g/mol. The Hall–Kier alpha value is -1.92. The number of nitrogens with zero attached hydrogens (tertiary/aromatic N) is 1. The zero-order valence-electron chi connectivity index (χ0n) is 8.73. The number of benzene rings is 1. The standard InChI is InChI=1S/C11H9N3O2S/c15-4-10-12-9(5-17-10)6-1-2-7-8(3-6)14-11(16)13-7/h1-3,5,15H,4H2,(H2,13,14,16). The second-order valence-corrected chi connectivity index (χ2v) is 4.57. The van der Waals surface area contributed by atoms with Gasteiger partial charge in [0.1, 0.15) is 5.01 Å². The predicted molar refractivity (Wildman–Crippen MR) is 66.0 cm³/mol. The number of nitrogens with one attached hydrogen (secondary N) is 2. The number of imidazole rings is 1. The molecule has 6 heteroatoms. The molecule has 86 valence electrons. The fourth-order valence-corrected chi connectivity index (χ4v) is 2.37. The summed E-state index contributed by atoms with van der Waals surface area (Å²) in [6.45, 7) is -0.0477. The molecule has 2 heterocycles. The number of thiazole rings is 1. The summed E-state index contributed by atoms with van der Waals surface area (Å²) in [5, 5.41) is 11.5. The van der Waals surface area contributed by atoms with Crippen LogP contribution in [0.4, 0.5) is 0 Å². The molecule has 5 nitrogen and oxygen atoms in total. The second-order valence-electron chi connectivity index (χ2n) is 3.62. The highest BCUT2D eigenvalue weighted by Gasteiger charge is 2.06. The predicted octanol–water partition coefficient (Wildman–Crippen LogP) is 1.47. The molecule has 0 saturated heterocycles. The quantitative estimate of drug-likeness (QED) is 0.641. The number of fused-ring (bicyclic) bond motifs is 1. The number of aromatic amines is 2. The lowest BCUT2D eigenvalue weighted by Gasteiger charge is -1.96. The summed E-state index contributed by atoms with van der Waals surface area (Å²) in [5.74, 6) is 0. The molecular formula is C11H9N3O2S. The summed E-state index contributed by atoms with van der Waals surface area (Å²) in [6, 6.07) is 5.59. The van der Waals surface area contributed by atoms with Crippen molar-refractivity contribution in [2.75, 3.05) is 0 Å². The molecule has 2 aromatic heterocycles. The molecule has 0 fully saturated rings. The van der Waals surface area contributed by atoms with Gasteiger partial charge in [0.05, 0.1) is 23.3 Å². The normalized spacial score (nSPS) is 11.1. The zero-order chi connectivity index (χ0) is 11.8. The van der Waals surface area contributed by atoms with Crippen LogP contribution in [0, 0.1) is 0 Å². The Morgan fingerprint density at radius 1 is 1.29 bits per heavy atom. The Kier molecular flexibility index (Phi) is 2.31. The maximum Gasteiger partial charge on any atom is 0.323 e. The third-order valence-corrected chi connectivity index (χ3v) is 3.33. The van der Waals surface area contributed by atoms with Crippen LogP contribution < -0.4 is 5.69 Å². The number of aromatic nitrogens is 3. The molecule has 1 aromatic carbocycles. The molecule has 3 aromatic rings. The van der Waals surface area contributed by atoms with Gasteiger partial charge in [-0.1, -0.05) is 6.07 Å². The largest absolute Gasteiger partial charge is 0.389 e. The van der Waals surface area contributed by atoms with Crippen molar-refractivity contribution in [3.8, 4) is 11.3 Å². The molecule has 0 aliphatic carbocycles. The number of aliphatic hydroxyl groups is 1. The van der Waals surface area contributed by atoms with E-state index in [1.165, 1.54) is 11.3 Å². The second kappa shape index (κ2) is 3.83. The molecule has 17 heavy (non-hydrogen) atoms. The molecule has 0 atom stereocenters. The Bertz CT molecular complexity index is 725. The van der Waals surface area contributed by atoms with Gasteiger partial charge in [-0.3, -0.25) is 0 Å². The minimum atomic E-state index is -0.216. The molecule has 0 unspecified atom stereocenters. The third kappa shape index (κ3) is 1.77. The molecule has 3 rings (SSSR count). The van der Waals surface area contributed by atoms with Crippen molar-refractivity contribution in [2.45, 2.75) is 6.61 Å². The van der Waals surface area contributed by atoms with Gasteiger partial charge in [-0.25, -0.2) is 9.78 Å². The molecule has 0 bridgehead atoms. The summed E-state index contributed by atoms with van der Waals surface area (Å²) in [4.78, 5) is 20.8. The van der Waals surface area contributed by atoms with Crippen molar-refractivity contribution < 1.29 is 5.11 Å². The summed E-state index contributed by atoms with van der Waals surface area (Å²) in [7, 11) is 0. The maximum atomic E-state index is 11.1. The molecule has 0 radical (unpaired) electrons. The van der Waals surface area contributed by atoms with E-state index in [1.807, 2.05) is 23.6 Å². The average Bonchev–Trinajstić information content (AvgIpc) is 2.92. The van der Waals surface area contributed by atoms with Crippen LogP contribution in [0.5, 0.6) is 0 Å². The highest BCUT2D eigenvalue weighted by molar-refractivity contribution is 7.09. The Labute approximate surface area is 99.8 Å². The van der Waals surface area contributed by atoms with Crippen LogP contribution in [-0.2, 0) is 6.61 Å². The summed E-state index contributed by atoms with van der Waals surface area (Å²) in [6.07, 6.45) is 0. The van der Waals surface area contributed by atoms with E-state index in [2.05, 4.69) is 15.0 Å². The number of hydrogen-bond donors (Lipinski definition) is 3. The van der Waals surface area contributed by atoms with Crippen LogP contribution in [0.2, 0.25) is 0 Å². The Morgan fingerprint density at radius 3 is 2.88 bits per heavy atom. The first-order chi connectivity index (χ1) is 8.26. The van der Waals surface area contributed by atoms with Crippen LogP contribution in [-0.4, -0.2) is 20.1 Å². The molecule has 0 saturated carbocycles. The van der Waals surface area contributed by atoms with Gasteiger partial charge >= 0.3 is 5.69 Å². The lowest BCUT2D eigenvalue weighted by atomic mass is 10.1. The van der Waals surface area contributed by atoms with Crippen LogP contribution in [0.15, 0.2) is 28.4 Å². The molecule has 0 aliphatic heterocycles. The summed E-state index contributed by atoms with van der Waals surface area (Å²) >= 11 is 1.41. The minimum absolute atomic E-state index is 0.0477. The van der Waals surface area contributed by atoms with E-state index in [-0.39, 0.29) is 12.3 Å². The van der Waals surface area contributed by atoms with E-state index >= 15 is 0 Å². The third-order valence-electron chi connectivity index (χ3n) is 2.50. The van der Waals surface area contributed by atoms with Crippen molar-refractivity contribution >= 4 is 22.4 Å². The lowest BCUT2D eigenvalue weighted by Crippen LogP contribution is -1.99. The Morgan fingerprint density at radius 2 is 2.12 bits per heavy atom. The van der Waals surface area contributed by atoms with Crippen LogP contribution in [0.1, 0.15) is 5.01 Å². The number of H-pyrrole nitrogens is 2. The summed E-state index contributed by atoms with van der Waals surface area (Å²) < 4.78 is 0. The highest BCUT2D eigenvalue weighted by atomic mass is 32.1. The van der Waals surface area contributed by atoms with E-state index in [4.69, 9.17) is 5.11 Å². The van der Waals surface area contributed by atoms with Crippen LogP contribution >= 0.6 is 11.3 Å². The minimum Gasteiger partial charge on any atom is -0.389 e. The number of aliphatic hydroxyl groups excluding tert-OH is 1.